The van der Waals surface area contributed by atoms with Gasteiger partial charge >= 0.3 is 11.9 Å². The summed E-state index contributed by atoms with van der Waals surface area (Å²) in [6.45, 7) is 8.42. The Morgan fingerprint density at radius 2 is 1.52 bits per heavy atom. The number of aliphatic hydroxyl groups excluding tert-OH is 1. The maximum Gasteiger partial charge on any atom is 0.336 e. The van der Waals surface area contributed by atoms with Crippen LogP contribution in [0, 0.1) is 0 Å². The van der Waals surface area contributed by atoms with Gasteiger partial charge in [0.15, 0.2) is 0 Å². The Kier molecular flexibility index (Phi) is 14.0. The van der Waals surface area contributed by atoms with E-state index < -0.39 is 11.9 Å². The highest BCUT2D eigenvalue weighted by atomic mass is 16.5. The van der Waals surface area contributed by atoms with Crippen molar-refractivity contribution in [1.29, 1.82) is 0 Å². The Labute approximate surface area is 160 Å². The molecule has 154 valence electrons. The average Bonchev–Trinajstić information content (AvgIpc) is 2.66. The van der Waals surface area contributed by atoms with Crippen molar-refractivity contribution >= 4 is 11.9 Å². The van der Waals surface area contributed by atoms with E-state index in [9.17, 15) is 9.59 Å². The molecule has 1 aromatic rings. The van der Waals surface area contributed by atoms with Crippen LogP contribution in [0.5, 0.6) is 0 Å². The number of aliphatic hydroxyl groups is 1. The zero-order chi connectivity index (χ0) is 20.7. The van der Waals surface area contributed by atoms with Crippen LogP contribution in [0.3, 0.4) is 0 Å². The van der Waals surface area contributed by atoms with Crippen molar-refractivity contribution in [1.82, 2.24) is 0 Å². The van der Waals surface area contributed by atoms with Gasteiger partial charge in [0.05, 0.1) is 37.6 Å². The van der Waals surface area contributed by atoms with Gasteiger partial charge in [-0.3, -0.25) is 0 Å². The summed E-state index contributed by atoms with van der Waals surface area (Å²) in [7, 11) is 0. The number of hydrogen-bond donors (Lipinski definition) is 3. The van der Waals surface area contributed by atoms with Crippen LogP contribution < -0.4 is 0 Å². The summed E-state index contributed by atoms with van der Waals surface area (Å²) in [5.41, 5.74) is 1.30. The summed E-state index contributed by atoms with van der Waals surface area (Å²) in [6.07, 6.45) is 3.49. The first-order valence-corrected chi connectivity index (χ1v) is 9.32. The van der Waals surface area contributed by atoms with E-state index in [0.717, 1.165) is 25.0 Å². The van der Waals surface area contributed by atoms with Crippen molar-refractivity contribution in [2.45, 2.75) is 46.5 Å². The van der Waals surface area contributed by atoms with Gasteiger partial charge in [0.1, 0.15) is 0 Å². The number of carboxylic acids is 2. The third-order valence-corrected chi connectivity index (χ3v) is 3.84. The van der Waals surface area contributed by atoms with E-state index in [1.54, 1.807) is 6.07 Å². The van der Waals surface area contributed by atoms with E-state index in [1.807, 2.05) is 13.8 Å². The molecule has 27 heavy (non-hydrogen) atoms. The summed E-state index contributed by atoms with van der Waals surface area (Å²) in [5, 5.41) is 26.4. The minimum absolute atomic E-state index is 0.0747. The van der Waals surface area contributed by atoms with Gasteiger partial charge < -0.3 is 24.8 Å². The first kappa shape index (κ1) is 25.0. The van der Waals surface area contributed by atoms with Crippen molar-refractivity contribution in [2.75, 3.05) is 33.0 Å². The Bertz CT molecular complexity index is 562. The SMILES string of the molecule is CCCCOCCOCCO.CCc1ccc(C(=O)O)c(C(=O)O)c1CC. The van der Waals surface area contributed by atoms with Gasteiger partial charge in [-0.1, -0.05) is 33.3 Å². The fraction of sp³-hybridized carbons (Fsp3) is 0.600. The molecule has 0 spiro atoms. The van der Waals surface area contributed by atoms with Crippen molar-refractivity contribution in [3.63, 3.8) is 0 Å². The summed E-state index contributed by atoms with van der Waals surface area (Å²) in [4.78, 5) is 22.0. The fourth-order valence-corrected chi connectivity index (χ4v) is 2.48. The van der Waals surface area contributed by atoms with Crippen LogP contribution in [0.4, 0.5) is 0 Å². The molecule has 7 heteroatoms. The van der Waals surface area contributed by atoms with E-state index in [1.165, 1.54) is 6.07 Å². The summed E-state index contributed by atoms with van der Waals surface area (Å²) in [5.74, 6) is -2.38. The van der Waals surface area contributed by atoms with E-state index in [-0.39, 0.29) is 17.7 Å². The molecule has 0 amide bonds. The molecule has 1 aromatic carbocycles. The minimum Gasteiger partial charge on any atom is -0.478 e. The van der Waals surface area contributed by atoms with Crippen LogP contribution in [0.15, 0.2) is 12.1 Å². The molecule has 0 aliphatic heterocycles. The predicted octanol–water partition coefficient (Wildman–Crippen LogP) is 3.02. The number of unbranched alkanes of at least 4 members (excludes halogenated alkanes) is 1. The second-order valence-corrected chi connectivity index (χ2v) is 5.75. The fourth-order valence-electron chi connectivity index (χ4n) is 2.48. The van der Waals surface area contributed by atoms with E-state index in [2.05, 4.69) is 6.92 Å². The van der Waals surface area contributed by atoms with Crippen LogP contribution >= 0.6 is 0 Å². The molecule has 3 N–H and O–H groups in total. The molecule has 0 aromatic heterocycles. The van der Waals surface area contributed by atoms with Gasteiger partial charge in [-0.05, 0) is 36.5 Å². The van der Waals surface area contributed by atoms with Crippen molar-refractivity contribution in [3.8, 4) is 0 Å². The molecule has 0 unspecified atom stereocenters. The third-order valence-electron chi connectivity index (χ3n) is 3.84. The molecule has 0 aliphatic carbocycles. The van der Waals surface area contributed by atoms with Crippen LogP contribution in [0.2, 0.25) is 0 Å². The zero-order valence-corrected chi connectivity index (χ0v) is 16.5. The molecule has 1 rings (SSSR count). The van der Waals surface area contributed by atoms with E-state index >= 15 is 0 Å². The zero-order valence-electron chi connectivity index (χ0n) is 16.5. The first-order chi connectivity index (χ1) is 12.9. The number of carbonyl (C=O) groups is 2. The highest BCUT2D eigenvalue weighted by molar-refractivity contribution is 6.03. The lowest BCUT2D eigenvalue weighted by molar-refractivity contribution is 0.0324. The molecule has 0 bridgehead atoms. The van der Waals surface area contributed by atoms with E-state index in [4.69, 9.17) is 24.8 Å². The lowest BCUT2D eigenvalue weighted by Gasteiger charge is -2.12. The molecule has 0 aliphatic rings. The number of hydrogen-bond acceptors (Lipinski definition) is 5. The number of aryl methyl sites for hydroxylation is 1. The molecule has 0 radical (unpaired) electrons. The van der Waals surface area contributed by atoms with Crippen LogP contribution in [0.1, 0.15) is 65.5 Å². The first-order valence-electron chi connectivity index (χ1n) is 9.32. The third kappa shape index (κ3) is 9.51. The van der Waals surface area contributed by atoms with Gasteiger partial charge in [0.25, 0.3) is 0 Å². The largest absolute Gasteiger partial charge is 0.478 e. The molecule has 7 nitrogen and oxygen atoms in total. The van der Waals surface area contributed by atoms with E-state index in [0.29, 0.717) is 38.2 Å². The second-order valence-electron chi connectivity index (χ2n) is 5.75. The number of rotatable bonds is 12. The van der Waals surface area contributed by atoms with Crippen LogP contribution in [0.25, 0.3) is 0 Å². The lowest BCUT2D eigenvalue weighted by atomic mass is 9.93. The lowest BCUT2D eigenvalue weighted by Crippen LogP contribution is -2.13. The van der Waals surface area contributed by atoms with Crippen molar-refractivity contribution in [2.24, 2.45) is 0 Å². The normalized spacial score (nSPS) is 10.2. The van der Waals surface area contributed by atoms with Gasteiger partial charge in [-0.15, -0.1) is 0 Å². The summed E-state index contributed by atoms with van der Waals surface area (Å²) in [6, 6.07) is 3.05. The molecule has 0 fully saturated rings. The van der Waals surface area contributed by atoms with Crippen molar-refractivity contribution in [3.05, 3.63) is 34.4 Å². The Balaban J connectivity index is 0.000000541. The predicted molar refractivity (Wildman–Crippen MR) is 103 cm³/mol. The highest BCUT2D eigenvalue weighted by Crippen LogP contribution is 2.21. The number of carboxylic acid groups (broad SMARTS) is 2. The summed E-state index contributed by atoms with van der Waals surface area (Å²) >= 11 is 0. The molecular formula is C20H32O7. The smallest absolute Gasteiger partial charge is 0.336 e. The second kappa shape index (κ2) is 15.1. The molecule has 0 saturated carbocycles. The van der Waals surface area contributed by atoms with Crippen LogP contribution in [-0.4, -0.2) is 60.3 Å². The van der Waals surface area contributed by atoms with Gasteiger partial charge in [0, 0.05) is 6.61 Å². The Morgan fingerprint density at radius 1 is 0.889 bits per heavy atom. The number of benzene rings is 1. The standard InChI is InChI=1S/C12H14O4.C8H18O3/c1-3-7-5-6-9(11(13)14)10(12(15)16)8(7)4-2;1-2-3-5-10-7-8-11-6-4-9/h5-6H,3-4H2,1-2H3,(H,13,14)(H,15,16);9H,2-8H2,1H3. The molecule has 0 saturated heterocycles. The average molecular weight is 384 g/mol. The Hall–Kier alpha value is -1.96. The Morgan fingerprint density at radius 3 is 1.96 bits per heavy atom. The minimum atomic E-state index is -1.20. The van der Waals surface area contributed by atoms with Gasteiger partial charge in [-0.2, -0.15) is 0 Å². The maximum atomic E-state index is 11.1. The monoisotopic (exact) mass is 384 g/mol. The molecule has 0 heterocycles. The van der Waals surface area contributed by atoms with Crippen LogP contribution in [-0.2, 0) is 22.3 Å². The quantitative estimate of drug-likeness (QED) is 0.475. The van der Waals surface area contributed by atoms with Gasteiger partial charge in [-0.25, -0.2) is 9.59 Å². The molecular weight excluding hydrogens is 352 g/mol. The molecule has 0 atom stereocenters. The topological polar surface area (TPSA) is 113 Å². The van der Waals surface area contributed by atoms with Gasteiger partial charge in [0.2, 0.25) is 0 Å². The number of ether oxygens (including phenoxy) is 2. The maximum absolute atomic E-state index is 11.1. The number of aromatic carboxylic acids is 2. The highest BCUT2D eigenvalue weighted by Gasteiger charge is 2.21. The summed E-state index contributed by atoms with van der Waals surface area (Å²) < 4.78 is 10.2. The van der Waals surface area contributed by atoms with Crippen molar-refractivity contribution < 1.29 is 34.4 Å².